The molecule has 2 N–H and O–H groups in total. The van der Waals surface area contributed by atoms with E-state index in [1.807, 2.05) is 54.6 Å². The van der Waals surface area contributed by atoms with Crippen LogP contribution in [0.15, 0.2) is 77.4 Å². The van der Waals surface area contributed by atoms with E-state index in [-0.39, 0.29) is 35.9 Å². The van der Waals surface area contributed by atoms with Crippen LogP contribution in [0.1, 0.15) is 46.7 Å². The zero-order chi connectivity index (χ0) is 30.1. The van der Waals surface area contributed by atoms with Crippen molar-refractivity contribution in [2.75, 3.05) is 6.61 Å². The summed E-state index contributed by atoms with van der Waals surface area (Å²) in [6, 6.07) is 20.0. The van der Waals surface area contributed by atoms with Crippen LogP contribution in [0.2, 0.25) is 0 Å². The van der Waals surface area contributed by atoms with Crippen molar-refractivity contribution in [3.63, 3.8) is 0 Å². The Hall–Kier alpha value is -4.06. The van der Waals surface area contributed by atoms with Crippen molar-refractivity contribution in [2.45, 2.75) is 63.7 Å². The molecule has 10 nitrogen and oxygen atoms in total. The summed E-state index contributed by atoms with van der Waals surface area (Å²) in [4.78, 5) is 25.6. The van der Waals surface area contributed by atoms with Crippen LogP contribution in [0, 0.1) is 6.92 Å². The number of Topliss-reactive ketones (excluding diaryl/α,β-unsaturated/α-hetero) is 1. The van der Waals surface area contributed by atoms with Crippen molar-refractivity contribution in [3.8, 4) is 11.5 Å². The fourth-order valence-corrected chi connectivity index (χ4v) is 5.46. The number of aryl methyl sites for hydroxylation is 2. The molecular formula is C33H32O10. The molecular weight excluding hydrogens is 556 g/mol. The van der Waals surface area contributed by atoms with E-state index in [1.165, 1.54) is 6.92 Å². The zero-order valence-corrected chi connectivity index (χ0v) is 23.7. The first-order chi connectivity index (χ1) is 20.8. The number of carbonyl (C=O) groups is 2. The molecule has 0 radical (unpaired) electrons. The zero-order valence-electron chi connectivity index (χ0n) is 23.7. The Balaban J connectivity index is 1.22. The van der Waals surface area contributed by atoms with Gasteiger partial charge in [-0.2, -0.15) is 0 Å². The molecule has 2 fully saturated rings. The number of furan rings is 1. The minimum absolute atomic E-state index is 0.0385. The SMILES string of the molecule is CC(=O)Oc1cc(C)cc(O[C@@H]2O[C@@H]3COC(c4ccccc4)O[C@H]3[C@H](O)[C@H]2O)c1C(=O)CCc1ccc2occc2c1. The van der Waals surface area contributed by atoms with E-state index in [9.17, 15) is 19.8 Å². The van der Waals surface area contributed by atoms with Gasteiger partial charge in [-0.25, -0.2) is 0 Å². The van der Waals surface area contributed by atoms with Crippen LogP contribution in [0.3, 0.4) is 0 Å². The fourth-order valence-electron chi connectivity index (χ4n) is 5.46. The summed E-state index contributed by atoms with van der Waals surface area (Å²) in [5.74, 6) is -0.845. The molecule has 1 aromatic heterocycles. The summed E-state index contributed by atoms with van der Waals surface area (Å²) >= 11 is 0. The molecule has 0 bridgehead atoms. The highest BCUT2D eigenvalue weighted by molar-refractivity contribution is 6.02. The van der Waals surface area contributed by atoms with Crippen molar-refractivity contribution in [3.05, 3.63) is 95.2 Å². The molecule has 2 aliphatic heterocycles. The van der Waals surface area contributed by atoms with E-state index < -0.39 is 43.0 Å². The normalized spacial score (nSPS) is 25.2. The quantitative estimate of drug-likeness (QED) is 0.173. The Morgan fingerprint density at radius 2 is 1.74 bits per heavy atom. The summed E-state index contributed by atoms with van der Waals surface area (Å²) in [7, 11) is 0. The van der Waals surface area contributed by atoms with Gasteiger partial charge in [0.15, 0.2) is 12.1 Å². The molecule has 1 unspecified atom stereocenters. The number of benzene rings is 3. The van der Waals surface area contributed by atoms with E-state index in [1.54, 1.807) is 25.3 Å². The van der Waals surface area contributed by atoms with Gasteiger partial charge in [0, 0.05) is 24.3 Å². The predicted octanol–water partition coefficient (Wildman–Crippen LogP) is 4.42. The van der Waals surface area contributed by atoms with Crippen molar-refractivity contribution in [1.29, 1.82) is 0 Å². The van der Waals surface area contributed by atoms with Crippen LogP contribution in [0.5, 0.6) is 11.5 Å². The number of aliphatic hydroxyl groups is 2. The first kappa shape index (κ1) is 29.0. The van der Waals surface area contributed by atoms with E-state index in [2.05, 4.69) is 0 Å². The lowest BCUT2D eigenvalue weighted by atomic mass is 9.97. The molecule has 224 valence electrons. The van der Waals surface area contributed by atoms with Gasteiger partial charge < -0.3 is 38.3 Å². The smallest absolute Gasteiger partial charge is 0.308 e. The molecule has 6 rings (SSSR count). The maximum atomic E-state index is 13.7. The third kappa shape index (κ3) is 6.20. The summed E-state index contributed by atoms with van der Waals surface area (Å²) in [6.45, 7) is 3.07. The Morgan fingerprint density at radius 1 is 0.953 bits per heavy atom. The molecule has 4 aromatic rings. The van der Waals surface area contributed by atoms with Gasteiger partial charge in [0.1, 0.15) is 47.1 Å². The summed E-state index contributed by atoms with van der Waals surface area (Å²) in [5.41, 5.74) is 3.13. The number of ether oxygens (including phenoxy) is 5. The lowest BCUT2D eigenvalue weighted by Gasteiger charge is -2.46. The van der Waals surface area contributed by atoms with Crippen molar-refractivity contribution >= 4 is 22.7 Å². The van der Waals surface area contributed by atoms with Crippen LogP contribution >= 0.6 is 0 Å². The Morgan fingerprint density at radius 3 is 2.53 bits per heavy atom. The highest BCUT2D eigenvalue weighted by Gasteiger charge is 2.50. The molecule has 0 spiro atoms. The van der Waals surface area contributed by atoms with E-state index in [0.717, 1.165) is 22.1 Å². The highest BCUT2D eigenvalue weighted by atomic mass is 16.8. The van der Waals surface area contributed by atoms with E-state index in [4.69, 9.17) is 28.1 Å². The molecule has 6 atom stereocenters. The molecule has 43 heavy (non-hydrogen) atoms. The van der Waals surface area contributed by atoms with Gasteiger partial charge in [-0.05, 0) is 54.8 Å². The average molecular weight is 589 g/mol. The molecule has 0 aliphatic carbocycles. The summed E-state index contributed by atoms with van der Waals surface area (Å²) in [5, 5.41) is 23.0. The molecule has 3 heterocycles. The van der Waals surface area contributed by atoms with Crippen LogP contribution in [0.25, 0.3) is 11.0 Å². The number of fused-ring (bicyclic) bond motifs is 2. The van der Waals surface area contributed by atoms with Gasteiger partial charge in [0.25, 0.3) is 0 Å². The van der Waals surface area contributed by atoms with Crippen LogP contribution in [-0.4, -0.2) is 59.3 Å². The first-order valence-corrected chi connectivity index (χ1v) is 14.1. The van der Waals surface area contributed by atoms with E-state index in [0.29, 0.717) is 12.0 Å². The number of ketones is 1. The van der Waals surface area contributed by atoms with Gasteiger partial charge in [-0.15, -0.1) is 0 Å². The van der Waals surface area contributed by atoms with Crippen molar-refractivity contribution in [2.24, 2.45) is 0 Å². The third-order valence-corrected chi connectivity index (χ3v) is 7.55. The number of rotatable bonds is 8. The maximum absolute atomic E-state index is 13.7. The first-order valence-electron chi connectivity index (χ1n) is 14.1. The van der Waals surface area contributed by atoms with Crippen LogP contribution < -0.4 is 9.47 Å². The molecule has 3 aromatic carbocycles. The highest BCUT2D eigenvalue weighted by Crippen LogP contribution is 2.38. The largest absolute Gasteiger partial charge is 0.464 e. The Bertz CT molecular complexity index is 1610. The van der Waals surface area contributed by atoms with Gasteiger partial charge in [-0.1, -0.05) is 36.4 Å². The van der Waals surface area contributed by atoms with Crippen molar-refractivity contribution < 1.29 is 47.9 Å². The minimum Gasteiger partial charge on any atom is -0.464 e. The maximum Gasteiger partial charge on any atom is 0.308 e. The molecule has 0 amide bonds. The van der Waals surface area contributed by atoms with Crippen LogP contribution in [0.4, 0.5) is 0 Å². The second kappa shape index (κ2) is 12.3. The van der Waals surface area contributed by atoms with Gasteiger partial charge in [0.05, 0.1) is 12.9 Å². The lowest BCUT2D eigenvalue weighted by Crippen LogP contribution is -2.63. The van der Waals surface area contributed by atoms with Gasteiger partial charge in [0.2, 0.25) is 6.29 Å². The standard InChI is InChI=1S/C33H32O10/c1-18-14-25(40-19(2)34)28(23(35)10-8-20-9-11-24-22(16-20)12-13-38-24)26(15-18)41-33-30(37)29(36)31-27(42-33)17-39-32(43-31)21-6-4-3-5-7-21/h3-7,9,11-16,27,29-33,36-37H,8,10,17H2,1-2H3/t27-,29-,30-,31-,32?,33-/m1/s1. The average Bonchev–Trinajstić information content (AvgIpc) is 3.46. The minimum atomic E-state index is -1.52. The number of esters is 1. The Kier molecular flexibility index (Phi) is 8.29. The second-order valence-corrected chi connectivity index (χ2v) is 10.8. The van der Waals surface area contributed by atoms with Gasteiger partial charge >= 0.3 is 5.97 Å². The predicted molar refractivity (Wildman–Crippen MR) is 153 cm³/mol. The summed E-state index contributed by atoms with van der Waals surface area (Å²) in [6.07, 6.45) is -4.50. The van der Waals surface area contributed by atoms with Gasteiger partial charge in [-0.3, -0.25) is 9.59 Å². The fraction of sp³-hybridized carbons (Fsp3) is 0.333. The van der Waals surface area contributed by atoms with Crippen LogP contribution in [-0.2, 0) is 25.4 Å². The molecule has 0 saturated carbocycles. The van der Waals surface area contributed by atoms with Crippen molar-refractivity contribution in [1.82, 2.24) is 0 Å². The monoisotopic (exact) mass is 588 g/mol. The topological polar surface area (TPSA) is 134 Å². The number of aliphatic hydroxyl groups excluding tert-OH is 2. The molecule has 2 aliphatic rings. The Labute approximate surface area is 247 Å². The summed E-state index contributed by atoms with van der Waals surface area (Å²) < 4.78 is 34.7. The number of carbonyl (C=O) groups excluding carboxylic acids is 2. The molecule has 10 heteroatoms. The molecule has 2 saturated heterocycles. The lowest BCUT2D eigenvalue weighted by molar-refractivity contribution is -0.350. The number of hydrogen-bond donors (Lipinski definition) is 2. The third-order valence-electron chi connectivity index (χ3n) is 7.55. The van der Waals surface area contributed by atoms with E-state index >= 15 is 0 Å². The second-order valence-electron chi connectivity index (χ2n) is 10.8. The number of hydrogen-bond acceptors (Lipinski definition) is 10.